The number of aromatic amines is 1. The van der Waals surface area contributed by atoms with Gasteiger partial charge in [-0.25, -0.2) is 0 Å². The van der Waals surface area contributed by atoms with Gasteiger partial charge in [0.2, 0.25) is 5.28 Å². The van der Waals surface area contributed by atoms with E-state index in [1.54, 1.807) is 17.1 Å². The smallest absolute Gasteiger partial charge is 0.226 e. The highest BCUT2D eigenvalue weighted by Crippen LogP contribution is 2.26. The number of H-pyrrole nitrogens is 1. The van der Waals surface area contributed by atoms with E-state index in [4.69, 9.17) is 11.6 Å². The second kappa shape index (κ2) is 5.36. The van der Waals surface area contributed by atoms with E-state index in [-0.39, 0.29) is 5.28 Å². The zero-order chi connectivity index (χ0) is 15.8. The molecule has 0 unspecified atom stereocenters. The van der Waals surface area contributed by atoms with Crippen molar-refractivity contribution >= 4 is 34.1 Å². The van der Waals surface area contributed by atoms with Crippen molar-refractivity contribution < 1.29 is 0 Å². The Labute approximate surface area is 136 Å². The van der Waals surface area contributed by atoms with Crippen LogP contribution in [0.25, 0.3) is 22.2 Å². The van der Waals surface area contributed by atoms with Crippen LogP contribution in [-0.2, 0) is 7.05 Å². The molecule has 0 fully saturated rings. The van der Waals surface area contributed by atoms with Crippen LogP contribution in [0.2, 0.25) is 5.28 Å². The average molecular weight is 326 g/mol. The Balaban J connectivity index is 1.68. The van der Waals surface area contributed by atoms with Gasteiger partial charge >= 0.3 is 0 Å². The van der Waals surface area contributed by atoms with E-state index in [1.165, 1.54) is 0 Å². The first kappa shape index (κ1) is 13.7. The molecule has 0 atom stereocenters. The second-order valence-corrected chi connectivity index (χ2v) is 5.37. The van der Waals surface area contributed by atoms with E-state index in [1.807, 2.05) is 37.5 Å². The first-order chi connectivity index (χ1) is 11.2. The fraction of sp³-hybridized carbons (Fsp3) is 0.0667. The van der Waals surface area contributed by atoms with Gasteiger partial charge in [0, 0.05) is 24.5 Å². The van der Waals surface area contributed by atoms with Gasteiger partial charge in [-0.3, -0.25) is 9.78 Å². The molecule has 7 nitrogen and oxygen atoms in total. The summed E-state index contributed by atoms with van der Waals surface area (Å²) in [6.45, 7) is 0. The lowest BCUT2D eigenvalue weighted by Crippen LogP contribution is -1.98. The molecule has 3 aromatic heterocycles. The molecule has 0 amide bonds. The number of aromatic nitrogens is 6. The average Bonchev–Trinajstić information content (AvgIpc) is 3.19. The topological polar surface area (TPSA) is 84.3 Å². The van der Waals surface area contributed by atoms with Gasteiger partial charge in [-0.15, -0.1) is 0 Å². The standard InChI is InChI=1S/C15H12ClN7/c1-23-14-12(8-19-23)13(21-15(16)22-14)20-11-4-2-9(3-5-11)10-6-17-18-7-10/h2-8H,1H3,(H,17,18)(H,20,21,22). The molecule has 0 aliphatic heterocycles. The minimum Gasteiger partial charge on any atom is -0.339 e. The van der Waals surface area contributed by atoms with Crippen molar-refractivity contribution in [3.05, 3.63) is 48.1 Å². The van der Waals surface area contributed by atoms with Crippen LogP contribution < -0.4 is 5.32 Å². The molecular formula is C15H12ClN7. The molecule has 3 heterocycles. The highest BCUT2D eigenvalue weighted by molar-refractivity contribution is 6.28. The molecule has 2 N–H and O–H groups in total. The molecule has 1 aromatic carbocycles. The summed E-state index contributed by atoms with van der Waals surface area (Å²) in [7, 11) is 1.81. The van der Waals surface area contributed by atoms with Crippen molar-refractivity contribution in [1.82, 2.24) is 29.9 Å². The number of anilines is 2. The zero-order valence-corrected chi connectivity index (χ0v) is 12.9. The first-order valence-corrected chi connectivity index (χ1v) is 7.30. The Morgan fingerprint density at radius 2 is 1.91 bits per heavy atom. The monoisotopic (exact) mass is 325 g/mol. The Morgan fingerprint density at radius 3 is 2.65 bits per heavy atom. The Kier molecular flexibility index (Phi) is 3.20. The van der Waals surface area contributed by atoms with Gasteiger partial charge in [0.15, 0.2) is 5.65 Å². The summed E-state index contributed by atoms with van der Waals surface area (Å²) in [5.41, 5.74) is 3.70. The van der Waals surface area contributed by atoms with Crippen LogP contribution >= 0.6 is 11.6 Å². The van der Waals surface area contributed by atoms with E-state index in [2.05, 4.69) is 30.6 Å². The zero-order valence-electron chi connectivity index (χ0n) is 12.2. The van der Waals surface area contributed by atoms with Gasteiger partial charge in [-0.05, 0) is 29.3 Å². The largest absolute Gasteiger partial charge is 0.339 e. The van der Waals surface area contributed by atoms with E-state index >= 15 is 0 Å². The maximum atomic E-state index is 6.00. The van der Waals surface area contributed by atoms with Gasteiger partial charge in [-0.2, -0.15) is 20.2 Å². The summed E-state index contributed by atoms with van der Waals surface area (Å²) in [4.78, 5) is 8.45. The highest BCUT2D eigenvalue weighted by atomic mass is 35.5. The molecule has 0 saturated heterocycles. The summed E-state index contributed by atoms with van der Waals surface area (Å²) in [6, 6.07) is 7.97. The predicted octanol–water partition coefficient (Wildman–Crippen LogP) is 3.15. The van der Waals surface area contributed by atoms with E-state index in [9.17, 15) is 0 Å². The minimum absolute atomic E-state index is 0.179. The van der Waals surface area contributed by atoms with Crippen LogP contribution in [0.5, 0.6) is 0 Å². The fourth-order valence-corrected chi connectivity index (χ4v) is 2.55. The number of benzene rings is 1. The van der Waals surface area contributed by atoms with Crippen molar-refractivity contribution in [2.45, 2.75) is 0 Å². The van der Waals surface area contributed by atoms with Crippen LogP contribution in [0.4, 0.5) is 11.5 Å². The van der Waals surface area contributed by atoms with E-state index in [0.29, 0.717) is 11.5 Å². The highest BCUT2D eigenvalue weighted by Gasteiger charge is 2.11. The number of nitrogens with zero attached hydrogens (tertiary/aromatic N) is 5. The van der Waals surface area contributed by atoms with Crippen LogP contribution in [-0.4, -0.2) is 29.9 Å². The number of hydrogen-bond acceptors (Lipinski definition) is 5. The lowest BCUT2D eigenvalue weighted by molar-refractivity contribution is 0.785. The molecule has 0 saturated carbocycles. The summed E-state index contributed by atoms with van der Waals surface area (Å²) >= 11 is 6.00. The molecule has 0 spiro atoms. The number of rotatable bonds is 3. The fourth-order valence-electron chi connectivity index (χ4n) is 2.38. The third-order valence-corrected chi connectivity index (χ3v) is 3.71. The quantitative estimate of drug-likeness (QED) is 0.565. The van der Waals surface area contributed by atoms with Crippen molar-refractivity contribution in [1.29, 1.82) is 0 Å². The Bertz CT molecular complexity index is 958. The lowest BCUT2D eigenvalue weighted by atomic mass is 10.1. The van der Waals surface area contributed by atoms with Crippen LogP contribution in [0.3, 0.4) is 0 Å². The first-order valence-electron chi connectivity index (χ1n) is 6.92. The van der Waals surface area contributed by atoms with Gasteiger partial charge in [0.25, 0.3) is 0 Å². The third-order valence-electron chi connectivity index (χ3n) is 3.54. The summed E-state index contributed by atoms with van der Waals surface area (Å²) in [6.07, 6.45) is 5.35. The lowest BCUT2D eigenvalue weighted by Gasteiger charge is -2.08. The van der Waals surface area contributed by atoms with Crippen LogP contribution in [0, 0.1) is 0 Å². The molecule has 0 aliphatic carbocycles. The van der Waals surface area contributed by atoms with Crippen molar-refractivity contribution in [2.75, 3.05) is 5.32 Å². The minimum atomic E-state index is 0.179. The van der Waals surface area contributed by atoms with Crippen molar-refractivity contribution in [3.8, 4) is 11.1 Å². The number of halogens is 1. The molecule has 23 heavy (non-hydrogen) atoms. The maximum absolute atomic E-state index is 6.00. The number of nitrogens with one attached hydrogen (secondary N) is 2. The molecule has 114 valence electrons. The molecule has 4 rings (SSSR count). The van der Waals surface area contributed by atoms with Crippen LogP contribution in [0.1, 0.15) is 0 Å². The van der Waals surface area contributed by atoms with Gasteiger partial charge < -0.3 is 5.32 Å². The molecule has 4 aromatic rings. The molecule has 0 radical (unpaired) electrons. The number of fused-ring (bicyclic) bond motifs is 1. The van der Waals surface area contributed by atoms with Gasteiger partial charge in [0.1, 0.15) is 5.82 Å². The summed E-state index contributed by atoms with van der Waals surface area (Å²) in [5, 5.41) is 15.2. The summed E-state index contributed by atoms with van der Waals surface area (Å²) < 4.78 is 1.66. The van der Waals surface area contributed by atoms with E-state index < -0.39 is 0 Å². The molecule has 0 aliphatic rings. The second-order valence-electron chi connectivity index (χ2n) is 5.04. The molecule has 8 heteroatoms. The van der Waals surface area contributed by atoms with Crippen LogP contribution in [0.15, 0.2) is 42.9 Å². The summed E-state index contributed by atoms with van der Waals surface area (Å²) in [5.74, 6) is 0.629. The molecule has 0 bridgehead atoms. The number of aryl methyl sites for hydroxylation is 1. The SMILES string of the molecule is Cn1ncc2c(Nc3ccc(-c4cn[nH]c4)cc3)nc(Cl)nc21. The third kappa shape index (κ3) is 2.51. The van der Waals surface area contributed by atoms with E-state index in [0.717, 1.165) is 22.2 Å². The Hall–Kier alpha value is -2.93. The maximum Gasteiger partial charge on any atom is 0.226 e. The number of hydrogen-bond donors (Lipinski definition) is 2. The molecular weight excluding hydrogens is 314 g/mol. The normalized spacial score (nSPS) is 11.0. The van der Waals surface area contributed by atoms with Crippen molar-refractivity contribution in [3.63, 3.8) is 0 Å². The van der Waals surface area contributed by atoms with Gasteiger partial charge in [0.05, 0.1) is 17.8 Å². The van der Waals surface area contributed by atoms with Gasteiger partial charge in [-0.1, -0.05) is 12.1 Å². The Morgan fingerprint density at radius 1 is 1.09 bits per heavy atom. The van der Waals surface area contributed by atoms with Crippen molar-refractivity contribution in [2.24, 2.45) is 7.05 Å². The predicted molar refractivity (Wildman–Crippen MR) is 88.6 cm³/mol.